The van der Waals surface area contributed by atoms with Gasteiger partial charge in [0.15, 0.2) is 0 Å². The van der Waals surface area contributed by atoms with Gasteiger partial charge in [-0.25, -0.2) is 4.39 Å². The molecule has 0 aliphatic carbocycles. The molecule has 0 aliphatic heterocycles. The van der Waals surface area contributed by atoms with Gasteiger partial charge in [0.25, 0.3) is 0 Å². The molecule has 114 valence electrons. The van der Waals surface area contributed by atoms with Gasteiger partial charge in [-0.15, -0.1) is 0 Å². The summed E-state index contributed by atoms with van der Waals surface area (Å²) in [4.78, 5) is 24.7. The SMILES string of the molecule is CCCCN(CC(N)=O)C(=O)/C=C(\C)c1ccc(F)cc1. The fourth-order valence-corrected chi connectivity index (χ4v) is 1.88. The number of allylic oxidation sites excluding steroid dienone is 1. The predicted molar refractivity (Wildman–Crippen MR) is 80.7 cm³/mol. The van der Waals surface area contributed by atoms with E-state index in [0.717, 1.165) is 18.4 Å². The number of primary amides is 1. The average Bonchev–Trinajstić information content (AvgIpc) is 2.43. The molecule has 1 rings (SSSR count). The minimum Gasteiger partial charge on any atom is -0.368 e. The third kappa shape index (κ3) is 5.77. The van der Waals surface area contributed by atoms with Crippen molar-refractivity contribution in [2.24, 2.45) is 5.73 Å². The first-order valence-electron chi connectivity index (χ1n) is 6.95. The van der Waals surface area contributed by atoms with Crippen LogP contribution in [0.4, 0.5) is 4.39 Å². The summed E-state index contributed by atoms with van der Waals surface area (Å²) in [6.45, 7) is 4.18. The first kappa shape index (κ1) is 16.9. The number of carbonyl (C=O) groups excluding carboxylic acids is 2. The summed E-state index contributed by atoms with van der Waals surface area (Å²) in [7, 11) is 0. The molecule has 1 aromatic carbocycles. The average molecular weight is 292 g/mol. The van der Waals surface area contributed by atoms with Crippen molar-refractivity contribution in [2.75, 3.05) is 13.1 Å². The lowest BCUT2D eigenvalue weighted by molar-refractivity contribution is -0.131. The van der Waals surface area contributed by atoms with E-state index in [2.05, 4.69) is 0 Å². The highest BCUT2D eigenvalue weighted by Crippen LogP contribution is 2.14. The van der Waals surface area contributed by atoms with Crippen LogP contribution in [0, 0.1) is 5.82 Å². The largest absolute Gasteiger partial charge is 0.368 e. The van der Waals surface area contributed by atoms with E-state index in [1.165, 1.54) is 23.1 Å². The van der Waals surface area contributed by atoms with Gasteiger partial charge < -0.3 is 10.6 Å². The van der Waals surface area contributed by atoms with E-state index < -0.39 is 5.91 Å². The molecule has 0 aliphatic rings. The normalized spacial score (nSPS) is 11.3. The lowest BCUT2D eigenvalue weighted by Gasteiger charge is -2.19. The summed E-state index contributed by atoms with van der Waals surface area (Å²) in [5, 5.41) is 0. The van der Waals surface area contributed by atoms with Crippen LogP contribution in [0.25, 0.3) is 5.57 Å². The van der Waals surface area contributed by atoms with E-state index in [9.17, 15) is 14.0 Å². The molecule has 5 heteroatoms. The number of nitrogens with two attached hydrogens (primary N) is 1. The molecule has 0 fully saturated rings. The molecule has 0 saturated carbocycles. The van der Waals surface area contributed by atoms with Crippen LogP contribution in [-0.2, 0) is 9.59 Å². The summed E-state index contributed by atoms with van der Waals surface area (Å²) < 4.78 is 12.9. The van der Waals surface area contributed by atoms with Crippen LogP contribution in [0.1, 0.15) is 32.3 Å². The topological polar surface area (TPSA) is 63.4 Å². The predicted octanol–water partition coefficient (Wildman–Crippen LogP) is 2.34. The van der Waals surface area contributed by atoms with Crippen molar-refractivity contribution in [3.63, 3.8) is 0 Å². The first-order valence-corrected chi connectivity index (χ1v) is 6.95. The van der Waals surface area contributed by atoms with Gasteiger partial charge in [0.2, 0.25) is 11.8 Å². The minimum absolute atomic E-state index is 0.0912. The monoisotopic (exact) mass is 292 g/mol. The van der Waals surface area contributed by atoms with Gasteiger partial charge >= 0.3 is 0 Å². The van der Waals surface area contributed by atoms with Gasteiger partial charge in [-0.3, -0.25) is 9.59 Å². The van der Waals surface area contributed by atoms with Crippen LogP contribution in [-0.4, -0.2) is 29.8 Å². The molecule has 2 N–H and O–H groups in total. The molecule has 21 heavy (non-hydrogen) atoms. The van der Waals surface area contributed by atoms with E-state index in [4.69, 9.17) is 5.73 Å². The molecular weight excluding hydrogens is 271 g/mol. The number of halogens is 1. The van der Waals surface area contributed by atoms with Crippen LogP contribution >= 0.6 is 0 Å². The van der Waals surface area contributed by atoms with E-state index in [1.807, 2.05) is 6.92 Å². The highest BCUT2D eigenvalue weighted by molar-refractivity contribution is 5.96. The highest BCUT2D eigenvalue weighted by atomic mass is 19.1. The molecular formula is C16H21FN2O2. The Kier molecular flexibility index (Phi) is 6.59. The molecule has 0 spiro atoms. The van der Waals surface area contributed by atoms with E-state index >= 15 is 0 Å². The van der Waals surface area contributed by atoms with Crippen molar-refractivity contribution in [1.29, 1.82) is 0 Å². The van der Waals surface area contributed by atoms with Crippen molar-refractivity contribution in [3.8, 4) is 0 Å². The number of hydrogen-bond donors (Lipinski definition) is 1. The number of benzene rings is 1. The second-order valence-corrected chi connectivity index (χ2v) is 4.91. The van der Waals surface area contributed by atoms with Crippen LogP contribution in [0.3, 0.4) is 0 Å². The van der Waals surface area contributed by atoms with Crippen LogP contribution in [0.5, 0.6) is 0 Å². The van der Waals surface area contributed by atoms with Crippen LogP contribution in [0.2, 0.25) is 0 Å². The van der Waals surface area contributed by atoms with Gasteiger partial charge in [0, 0.05) is 12.6 Å². The number of amides is 2. The van der Waals surface area contributed by atoms with Crippen molar-refractivity contribution in [1.82, 2.24) is 4.90 Å². The van der Waals surface area contributed by atoms with Crippen molar-refractivity contribution >= 4 is 17.4 Å². The Morgan fingerprint density at radius 1 is 1.29 bits per heavy atom. The standard InChI is InChI=1S/C16H21FN2O2/c1-3-4-9-19(11-15(18)20)16(21)10-12(2)13-5-7-14(17)8-6-13/h5-8,10H,3-4,9,11H2,1-2H3,(H2,18,20)/b12-10+. The molecule has 0 bridgehead atoms. The Balaban J connectivity index is 2.84. The Morgan fingerprint density at radius 3 is 2.43 bits per heavy atom. The van der Waals surface area contributed by atoms with Gasteiger partial charge in [-0.05, 0) is 36.6 Å². The maximum Gasteiger partial charge on any atom is 0.247 e. The summed E-state index contributed by atoms with van der Waals surface area (Å²) in [6, 6.07) is 5.91. The Bertz CT molecular complexity index is 524. The Labute approximate surface area is 124 Å². The van der Waals surface area contributed by atoms with Gasteiger partial charge in [-0.1, -0.05) is 25.5 Å². The van der Waals surface area contributed by atoms with E-state index in [1.54, 1.807) is 19.1 Å². The molecule has 2 amide bonds. The highest BCUT2D eigenvalue weighted by Gasteiger charge is 2.13. The van der Waals surface area contributed by atoms with Crippen LogP contribution < -0.4 is 5.73 Å². The molecule has 0 saturated heterocycles. The fourth-order valence-electron chi connectivity index (χ4n) is 1.88. The van der Waals surface area contributed by atoms with E-state index in [0.29, 0.717) is 12.1 Å². The van der Waals surface area contributed by atoms with Crippen molar-refractivity contribution in [3.05, 3.63) is 41.7 Å². The molecule has 0 atom stereocenters. The number of hydrogen-bond acceptors (Lipinski definition) is 2. The number of carbonyl (C=O) groups is 2. The smallest absolute Gasteiger partial charge is 0.247 e. The molecule has 1 aromatic rings. The minimum atomic E-state index is -0.535. The lowest BCUT2D eigenvalue weighted by atomic mass is 10.1. The second kappa shape index (κ2) is 8.19. The zero-order chi connectivity index (χ0) is 15.8. The Morgan fingerprint density at radius 2 is 1.90 bits per heavy atom. The van der Waals surface area contributed by atoms with Crippen LogP contribution in [0.15, 0.2) is 30.3 Å². The first-order chi connectivity index (χ1) is 9.93. The number of nitrogens with zero attached hydrogens (tertiary/aromatic N) is 1. The number of unbranched alkanes of at least 4 members (excludes halogenated alkanes) is 1. The zero-order valence-corrected chi connectivity index (χ0v) is 12.4. The summed E-state index contributed by atoms with van der Waals surface area (Å²) >= 11 is 0. The molecule has 0 heterocycles. The fraction of sp³-hybridized carbons (Fsp3) is 0.375. The molecule has 4 nitrogen and oxygen atoms in total. The van der Waals surface area contributed by atoms with Gasteiger partial charge in [0.1, 0.15) is 5.82 Å². The van der Waals surface area contributed by atoms with Gasteiger partial charge in [-0.2, -0.15) is 0 Å². The maximum atomic E-state index is 12.9. The molecule has 0 aromatic heterocycles. The maximum absolute atomic E-state index is 12.9. The van der Waals surface area contributed by atoms with E-state index in [-0.39, 0.29) is 18.3 Å². The second-order valence-electron chi connectivity index (χ2n) is 4.91. The summed E-state index contributed by atoms with van der Waals surface area (Å²) in [5.41, 5.74) is 6.64. The molecule has 0 radical (unpaired) electrons. The van der Waals surface area contributed by atoms with Crippen molar-refractivity contribution < 1.29 is 14.0 Å². The van der Waals surface area contributed by atoms with Gasteiger partial charge in [0.05, 0.1) is 6.54 Å². The summed E-state index contributed by atoms with van der Waals surface area (Å²) in [5.74, 6) is -1.12. The third-order valence-electron chi connectivity index (χ3n) is 3.08. The quantitative estimate of drug-likeness (QED) is 0.784. The lowest BCUT2D eigenvalue weighted by Crippen LogP contribution is -2.38. The molecule has 0 unspecified atom stereocenters. The zero-order valence-electron chi connectivity index (χ0n) is 12.4. The van der Waals surface area contributed by atoms with Crippen molar-refractivity contribution in [2.45, 2.75) is 26.7 Å². The number of rotatable bonds is 7. The summed E-state index contributed by atoms with van der Waals surface area (Å²) in [6.07, 6.45) is 3.18. The Hall–Kier alpha value is -2.17. The third-order valence-corrected chi connectivity index (χ3v) is 3.08.